The van der Waals surface area contributed by atoms with Crippen molar-refractivity contribution in [3.8, 4) is 0 Å². The molecular weight excluding hydrogens is 366 g/mol. The van der Waals surface area contributed by atoms with E-state index in [0.717, 1.165) is 10.5 Å². The van der Waals surface area contributed by atoms with E-state index in [1.54, 1.807) is 0 Å². The van der Waals surface area contributed by atoms with Crippen LogP contribution in [0.3, 0.4) is 0 Å². The highest BCUT2D eigenvalue weighted by Crippen LogP contribution is 2.39. The Morgan fingerprint density at radius 3 is 2.44 bits per heavy atom. The largest absolute Gasteiger partial charge is 0.390 e. The molecule has 1 N–H and O–H groups in total. The van der Waals surface area contributed by atoms with Gasteiger partial charge in [0.1, 0.15) is 23.7 Å². The van der Waals surface area contributed by atoms with Crippen LogP contribution >= 0.6 is 11.8 Å². The molecule has 2 heterocycles. The molecule has 0 spiro atoms. The number of nitrogens with zero attached hydrogens (tertiary/aromatic N) is 3. The summed E-state index contributed by atoms with van der Waals surface area (Å²) in [5.74, 6) is 0. The molecule has 0 amide bonds. The number of thioether (sulfide) groups is 1. The molecule has 0 saturated carbocycles. The Bertz CT molecular complexity index is 803. The maximum Gasteiger partial charge on any atom is 0.184 e. The van der Waals surface area contributed by atoms with E-state index >= 15 is 0 Å². The first kappa shape index (κ1) is 18.3. The van der Waals surface area contributed by atoms with Gasteiger partial charge in [0.25, 0.3) is 0 Å². The number of aliphatic hydroxyl groups excluding tert-OH is 1. The molecule has 2 aromatic carbocycles. The molecule has 2 aliphatic heterocycles. The Labute approximate surface area is 160 Å². The number of ether oxygens (including phenoxy) is 3. The van der Waals surface area contributed by atoms with E-state index in [4.69, 9.17) is 19.7 Å². The number of hydrogen-bond donors (Lipinski definition) is 1. The van der Waals surface area contributed by atoms with Crippen molar-refractivity contribution in [2.24, 2.45) is 5.11 Å². The van der Waals surface area contributed by atoms with Gasteiger partial charge in [0.05, 0.1) is 12.7 Å². The lowest BCUT2D eigenvalue weighted by Crippen LogP contribution is -2.60. The van der Waals surface area contributed by atoms with Gasteiger partial charge in [-0.15, -0.1) is 0 Å². The standard InChI is InChI=1S/C19H19N3O4S/c20-22-21-15-16(23)17-14(25-19(15)27-13-9-5-2-6-10-13)11-24-18(26-17)12-7-3-1-4-8-12/h1-10,14-19,23H,11H2/t14-,15-,16-,17+,18?,19+/m1/s1. The monoisotopic (exact) mass is 385 g/mol. The maximum absolute atomic E-state index is 10.9. The van der Waals surface area contributed by atoms with Gasteiger partial charge in [0.15, 0.2) is 6.29 Å². The van der Waals surface area contributed by atoms with E-state index in [2.05, 4.69) is 10.0 Å². The summed E-state index contributed by atoms with van der Waals surface area (Å²) >= 11 is 1.41. The van der Waals surface area contributed by atoms with E-state index in [0.29, 0.717) is 0 Å². The molecule has 0 aromatic heterocycles. The summed E-state index contributed by atoms with van der Waals surface area (Å²) in [6, 6.07) is 18.4. The van der Waals surface area contributed by atoms with Crippen LogP contribution in [-0.4, -0.2) is 41.5 Å². The van der Waals surface area contributed by atoms with Gasteiger partial charge in [-0.05, 0) is 17.7 Å². The normalized spacial score (nSPS) is 32.9. The molecule has 27 heavy (non-hydrogen) atoms. The fourth-order valence-electron chi connectivity index (χ4n) is 3.27. The lowest BCUT2D eigenvalue weighted by atomic mass is 9.97. The van der Waals surface area contributed by atoms with Crippen molar-refractivity contribution in [1.82, 2.24) is 0 Å². The molecule has 6 atom stereocenters. The summed E-state index contributed by atoms with van der Waals surface area (Å²) in [7, 11) is 0. The topological polar surface area (TPSA) is 96.7 Å². The van der Waals surface area contributed by atoms with Crippen LogP contribution in [0, 0.1) is 0 Å². The molecule has 140 valence electrons. The van der Waals surface area contributed by atoms with E-state index < -0.39 is 36.1 Å². The summed E-state index contributed by atoms with van der Waals surface area (Å²) in [5.41, 5.74) is 9.30. The molecule has 0 radical (unpaired) electrons. The fourth-order valence-corrected chi connectivity index (χ4v) is 4.41. The highest BCUT2D eigenvalue weighted by atomic mass is 32.2. The Kier molecular flexibility index (Phi) is 5.63. The van der Waals surface area contributed by atoms with Gasteiger partial charge in [-0.1, -0.05) is 65.4 Å². The average Bonchev–Trinajstić information content (AvgIpc) is 2.72. The third-order valence-corrected chi connectivity index (χ3v) is 5.75. The number of fused-ring (bicyclic) bond motifs is 1. The van der Waals surface area contributed by atoms with Crippen molar-refractivity contribution in [3.05, 3.63) is 76.7 Å². The van der Waals surface area contributed by atoms with Crippen molar-refractivity contribution < 1.29 is 19.3 Å². The fraction of sp³-hybridized carbons (Fsp3) is 0.368. The molecule has 2 aromatic rings. The first-order valence-electron chi connectivity index (χ1n) is 8.68. The van der Waals surface area contributed by atoms with Crippen LogP contribution in [0.25, 0.3) is 10.4 Å². The van der Waals surface area contributed by atoms with Crippen LogP contribution in [0.2, 0.25) is 0 Å². The van der Waals surface area contributed by atoms with Gasteiger partial charge < -0.3 is 19.3 Å². The minimum atomic E-state index is -0.990. The quantitative estimate of drug-likeness (QED) is 0.492. The average molecular weight is 385 g/mol. The SMILES string of the molecule is [N-]=[N+]=N[C@@H]1[C@@H](O)[C@H]2OC(c3ccccc3)OC[C@H]2O[C@H]1Sc1ccccc1. The van der Waals surface area contributed by atoms with Crippen molar-refractivity contribution in [2.75, 3.05) is 6.61 Å². The van der Waals surface area contributed by atoms with Crippen LogP contribution < -0.4 is 0 Å². The minimum Gasteiger partial charge on any atom is -0.390 e. The van der Waals surface area contributed by atoms with E-state index in [1.807, 2.05) is 60.7 Å². The highest BCUT2D eigenvalue weighted by Gasteiger charge is 2.49. The van der Waals surface area contributed by atoms with Crippen LogP contribution in [0.15, 0.2) is 70.7 Å². The molecule has 2 saturated heterocycles. The lowest BCUT2D eigenvalue weighted by Gasteiger charge is -2.46. The van der Waals surface area contributed by atoms with Gasteiger partial charge in [0.2, 0.25) is 0 Å². The Hall–Kier alpha value is -2.06. The third kappa shape index (κ3) is 3.96. The second-order valence-electron chi connectivity index (χ2n) is 6.34. The van der Waals surface area contributed by atoms with Crippen LogP contribution in [-0.2, 0) is 14.2 Å². The third-order valence-electron chi connectivity index (χ3n) is 4.59. The highest BCUT2D eigenvalue weighted by molar-refractivity contribution is 7.99. The zero-order valence-electron chi connectivity index (χ0n) is 14.4. The van der Waals surface area contributed by atoms with Gasteiger partial charge in [-0.3, -0.25) is 0 Å². The molecule has 2 aliphatic rings. The number of azide groups is 1. The number of aliphatic hydroxyl groups is 1. The summed E-state index contributed by atoms with van der Waals surface area (Å²) in [6.07, 6.45) is -2.65. The van der Waals surface area contributed by atoms with E-state index in [9.17, 15) is 5.11 Å². The summed E-state index contributed by atoms with van der Waals surface area (Å²) in [5, 5.41) is 14.7. The molecule has 1 unspecified atom stereocenters. The molecular formula is C19H19N3O4S. The van der Waals surface area contributed by atoms with Crippen molar-refractivity contribution in [2.45, 2.75) is 41.0 Å². The Balaban J connectivity index is 1.53. The number of rotatable bonds is 4. The first-order valence-corrected chi connectivity index (χ1v) is 9.55. The zero-order chi connectivity index (χ0) is 18.6. The molecule has 8 heteroatoms. The van der Waals surface area contributed by atoms with Gasteiger partial charge in [-0.2, -0.15) is 0 Å². The van der Waals surface area contributed by atoms with E-state index in [-0.39, 0.29) is 6.61 Å². The molecule has 0 bridgehead atoms. The van der Waals surface area contributed by atoms with Gasteiger partial charge in [-0.25, -0.2) is 0 Å². The summed E-state index contributed by atoms with van der Waals surface area (Å²) in [4.78, 5) is 3.87. The smallest absolute Gasteiger partial charge is 0.184 e. The van der Waals surface area contributed by atoms with Gasteiger partial charge >= 0.3 is 0 Å². The van der Waals surface area contributed by atoms with Crippen molar-refractivity contribution >= 4 is 11.8 Å². The van der Waals surface area contributed by atoms with Crippen LogP contribution in [0.5, 0.6) is 0 Å². The summed E-state index contributed by atoms with van der Waals surface area (Å²) in [6.45, 7) is 0.288. The predicted molar refractivity (Wildman–Crippen MR) is 99.9 cm³/mol. The molecule has 4 rings (SSSR count). The van der Waals surface area contributed by atoms with Crippen molar-refractivity contribution in [3.63, 3.8) is 0 Å². The molecule has 2 fully saturated rings. The van der Waals surface area contributed by atoms with Crippen LogP contribution in [0.4, 0.5) is 0 Å². The molecule has 0 aliphatic carbocycles. The summed E-state index contributed by atoms with van der Waals surface area (Å²) < 4.78 is 17.9. The lowest BCUT2D eigenvalue weighted by molar-refractivity contribution is -0.305. The van der Waals surface area contributed by atoms with Crippen LogP contribution in [0.1, 0.15) is 11.9 Å². The second-order valence-corrected chi connectivity index (χ2v) is 7.51. The Morgan fingerprint density at radius 1 is 1.04 bits per heavy atom. The maximum atomic E-state index is 10.9. The number of hydrogen-bond acceptors (Lipinski definition) is 6. The minimum absolute atomic E-state index is 0.288. The molecule has 7 nitrogen and oxygen atoms in total. The van der Waals surface area contributed by atoms with Gasteiger partial charge in [0, 0.05) is 15.4 Å². The number of benzene rings is 2. The zero-order valence-corrected chi connectivity index (χ0v) is 15.2. The first-order chi connectivity index (χ1) is 13.3. The van der Waals surface area contributed by atoms with E-state index in [1.165, 1.54) is 11.8 Å². The Morgan fingerprint density at radius 2 is 1.74 bits per heavy atom. The van der Waals surface area contributed by atoms with Crippen molar-refractivity contribution in [1.29, 1.82) is 0 Å². The predicted octanol–water partition coefficient (Wildman–Crippen LogP) is 3.66. The second kappa shape index (κ2) is 8.31.